The molecule has 0 N–H and O–H groups in total. The summed E-state index contributed by atoms with van der Waals surface area (Å²) in [6, 6.07) is 16.9. The van der Waals surface area contributed by atoms with Gasteiger partial charge in [-0.2, -0.15) is 14.4 Å². The first-order chi connectivity index (χ1) is 13.5. The van der Waals surface area contributed by atoms with Crippen LogP contribution in [0, 0.1) is 15.9 Å². The van der Waals surface area contributed by atoms with Gasteiger partial charge in [0.15, 0.2) is 0 Å². The minimum Gasteiger partial charge on any atom is -0.258 e. The van der Waals surface area contributed by atoms with Gasteiger partial charge in [0.05, 0.1) is 16.7 Å². The highest BCUT2D eigenvalue weighted by Gasteiger charge is 2.13. The Hall–Kier alpha value is -3.99. The van der Waals surface area contributed by atoms with Crippen molar-refractivity contribution in [3.05, 3.63) is 82.2 Å². The van der Waals surface area contributed by atoms with E-state index in [1.165, 1.54) is 11.5 Å². The molecule has 28 heavy (non-hydrogen) atoms. The molecule has 3 aromatic rings. The second-order valence-electron chi connectivity index (χ2n) is 5.56. The first-order valence-electron chi connectivity index (χ1n) is 8.04. The lowest BCUT2D eigenvalue weighted by molar-refractivity contribution is -0.387. The average Bonchev–Trinajstić information content (AvgIpc) is 2.69. The van der Waals surface area contributed by atoms with Crippen LogP contribution < -0.4 is 0 Å². The molecule has 0 bridgehead atoms. The number of hydrogen-bond donors (Lipinski definition) is 0. The van der Waals surface area contributed by atoms with Gasteiger partial charge in [-0.15, -0.1) is 0 Å². The van der Waals surface area contributed by atoms with Crippen LogP contribution in [0.1, 0.15) is 18.5 Å². The van der Waals surface area contributed by atoms with Crippen LogP contribution in [-0.2, 0) is 9.59 Å². The Balaban J connectivity index is 0.000000203. The monoisotopic (exact) mass is 379 g/mol. The maximum absolute atomic E-state index is 12.7. The zero-order valence-corrected chi connectivity index (χ0v) is 14.7. The van der Waals surface area contributed by atoms with E-state index in [2.05, 4.69) is 22.1 Å². The highest BCUT2D eigenvalue weighted by atomic mass is 19.1. The SMILES string of the molecule is CC(N=C=O)c1cccc2ccccc12.O=C=Nc1ccc(F)c([N+](=O)[O-])c1. The van der Waals surface area contributed by atoms with Crippen LogP contribution in [0.25, 0.3) is 10.8 Å². The summed E-state index contributed by atoms with van der Waals surface area (Å²) in [6.45, 7) is 1.90. The van der Waals surface area contributed by atoms with Crippen LogP contribution in [-0.4, -0.2) is 17.1 Å². The Morgan fingerprint density at radius 1 is 1.04 bits per heavy atom. The number of nitro groups is 1. The molecule has 0 spiro atoms. The predicted octanol–water partition coefficient (Wildman–Crippen LogP) is 4.94. The van der Waals surface area contributed by atoms with Gasteiger partial charge in [0.25, 0.3) is 0 Å². The molecule has 0 saturated heterocycles. The zero-order valence-electron chi connectivity index (χ0n) is 14.7. The number of benzene rings is 3. The van der Waals surface area contributed by atoms with Gasteiger partial charge in [0, 0.05) is 6.07 Å². The van der Waals surface area contributed by atoms with E-state index >= 15 is 0 Å². The molecule has 0 amide bonds. The molecular formula is C20H14FN3O4. The van der Waals surface area contributed by atoms with Crippen molar-refractivity contribution >= 4 is 34.3 Å². The summed E-state index contributed by atoms with van der Waals surface area (Å²) in [5.74, 6) is -0.963. The number of carbonyl (C=O) groups excluding carboxylic acids is 2. The molecule has 1 unspecified atom stereocenters. The second kappa shape index (κ2) is 9.64. The smallest absolute Gasteiger partial charge is 0.258 e. The summed E-state index contributed by atoms with van der Waals surface area (Å²) in [4.78, 5) is 36.2. The number of isocyanates is 2. The molecule has 1 atom stereocenters. The zero-order chi connectivity index (χ0) is 20.5. The third-order valence-corrected chi connectivity index (χ3v) is 3.82. The quantitative estimate of drug-likeness (QED) is 0.277. The highest BCUT2D eigenvalue weighted by Crippen LogP contribution is 2.26. The molecule has 0 fully saturated rings. The highest BCUT2D eigenvalue weighted by molar-refractivity contribution is 5.86. The molecule has 0 aromatic heterocycles. The molecule has 140 valence electrons. The third kappa shape index (κ3) is 5.02. The van der Waals surface area contributed by atoms with Crippen molar-refractivity contribution in [1.29, 1.82) is 0 Å². The topological polar surface area (TPSA) is 102 Å². The van der Waals surface area contributed by atoms with E-state index in [0.717, 1.165) is 29.1 Å². The number of hydrogen-bond acceptors (Lipinski definition) is 6. The van der Waals surface area contributed by atoms with Crippen LogP contribution in [0.4, 0.5) is 15.8 Å². The molecule has 0 aliphatic heterocycles. The van der Waals surface area contributed by atoms with E-state index in [9.17, 15) is 24.1 Å². The number of nitro benzene ring substituents is 1. The summed E-state index contributed by atoms with van der Waals surface area (Å²) >= 11 is 0. The molecule has 3 aromatic carbocycles. The van der Waals surface area contributed by atoms with E-state index in [1.807, 2.05) is 37.3 Å². The number of rotatable bonds is 4. The Kier molecular flexibility index (Phi) is 6.99. The van der Waals surface area contributed by atoms with Gasteiger partial charge < -0.3 is 0 Å². The third-order valence-electron chi connectivity index (χ3n) is 3.82. The largest absolute Gasteiger partial charge is 0.306 e. The molecule has 8 heteroatoms. The van der Waals surface area contributed by atoms with Crippen molar-refractivity contribution in [2.24, 2.45) is 9.98 Å². The second-order valence-corrected chi connectivity index (χ2v) is 5.56. The minimum atomic E-state index is -0.963. The van der Waals surface area contributed by atoms with Crippen LogP contribution in [0.2, 0.25) is 0 Å². The van der Waals surface area contributed by atoms with Crippen molar-refractivity contribution in [3.8, 4) is 0 Å². The van der Waals surface area contributed by atoms with Gasteiger partial charge in [0.1, 0.15) is 0 Å². The first kappa shape index (κ1) is 20.3. The maximum Gasteiger partial charge on any atom is 0.306 e. The van der Waals surface area contributed by atoms with Crippen LogP contribution in [0.5, 0.6) is 0 Å². The molecule has 0 radical (unpaired) electrons. The molecule has 0 saturated carbocycles. The van der Waals surface area contributed by atoms with Crippen molar-refractivity contribution < 1.29 is 18.9 Å². The molecule has 0 heterocycles. The number of halogens is 1. The lowest BCUT2D eigenvalue weighted by Crippen LogP contribution is -1.91. The fourth-order valence-corrected chi connectivity index (χ4v) is 2.53. The van der Waals surface area contributed by atoms with E-state index in [0.29, 0.717) is 0 Å². The fourth-order valence-electron chi connectivity index (χ4n) is 2.53. The normalized spacial score (nSPS) is 10.6. The predicted molar refractivity (Wildman–Crippen MR) is 101 cm³/mol. The number of aliphatic imine (C=N–C) groups is 2. The van der Waals surface area contributed by atoms with Crippen LogP contribution >= 0.6 is 0 Å². The first-order valence-corrected chi connectivity index (χ1v) is 8.04. The van der Waals surface area contributed by atoms with E-state index in [4.69, 9.17) is 0 Å². The van der Waals surface area contributed by atoms with Gasteiger partial charge in [-0.1, -0.05) is 42.5 Å². The van der Waals surface area contributed by atoms with Gasteiger partial charge >= 0.3 is 5.69 Å². The molecule has 7 nitrogen and oxygen atoms in total. The Labute approximate surface area is 159 Å². The molecule has 0 aliphatic rings. The Morgan fingerprint density at radius 2 is 1.75 bits per heavy atom. The van der Waals surface area contributed by atoms with Crippen LogP contribution in [0.15, 0.2) is 70.6 Å². The lowest BCUT2D eigenvalue weighted by atomic mass is 10.0. The fraction of sp³-hybridized carbons (Fsp3) is 0.100. The standard InChI is InChI=1S/C13H11NO.C7H3FN2O3/c1-10(14-9-15)12-8-4-6-11-5-2-3-7-13(11)12;8-6-2-1-5(9-4-11)3-7(6)10(12)13/h2-8,10H,1H3;1-3H. The van der Waals surface area contributed by atoms with Gasteiger partial charge in [-0.25, -0.2) is 9.59 Å². The Morgan fingerprint density at radius 3 is 2.43 bits per heavy atom. The van der Waals surface area contributed by atoms with E-state index in [-0.39, 0.29) is 11.7 Å². The summed E-state index contributed by atoms with van der Waals surface area (Å²) < 4.78 is 12.7. The van der Waals surface area contributed by atoms with E-state index in [1.54, 1.807) is 6.08 Å². The summed E-state index contributed by atoms with van der Waals surface area (Å²) in [5, 5.41) is 12.5. The Bertz CT molecular complexity index is 1100. The van der Waals surface area contributed by atoms with Crippen molar-refractivity contribution in [3.63, 3.8) is 0 Å². The van der Waals surface area contributed by atoms with Gasteiger partial charge in [-0.3, -0.25) is 10.1 Å². The molecular weight excluding hydrogens is 365 g/mol. The minimum absolute atomic E-state index is 0.00287. The summed E-state index contributed by atoms with van der Waals surface area (Å²) in [7, 11) is 0. The van der Waals surface area contributed by atoms with Crippen molar-refractivity contribution in [1.82, 2.24) is 0 Å². The van der Waals surface area contributed by atoms with Crippen LogP contribution in [0.3, 0.4) is 0 Å². The van der Waals surface area contributed by atoms with Crippen molar-refractivity contribution in [2.45, 2.75) is 13.0 Å². The number of nitrogens with zero attached hydrogens (tertiary/aromatic N) is 3. The molecule has 3 rings (SSSR count). The number of fused-ring (bicyclic) bond motifs is 1. The summed E-state index contributed by atoms with van der Waals surface area (Å²) in [5.41, 5.74) is 0.357. The summed E-state index contributed by atoms with van der Waals surface area (Å²) in [6.07, 6.45) is 2.81. The average molecular weight is 379 g/mol. The van der Waals surface area contributed by atoms with E-state index < -0.39 is 16.4 Å². The molecule has 0 aliphatic carbocycles. The van der Waals surface area contributed by atoms with Crippen molar-refractivity contribution in [2.75, 3.05) is 0 Å². The lowest BCUT2D eigenvalue weighted by Gasteiger charge is -2.08. The maximum atomic E-state index is 12.7. The van der Waals surface area contributed by atoms with Gasteiger partial charge in [-0.05, 0) is 35.4 Å². The van der Waals surface area contributed by atoms with Gasteiger partial charge in [0.2, 0.25) is 18.0 Å².